The second-order valence-corrected chi connectivity index (χ2v) is 9.77. The lowest BCUT2D eigenvalue weighted by molar-refractivity contribution is 0.0830. The fourth-order valence-electron chi connectivity index (χ4n) is 5.29. The van der Waals surface area contributed by atoms with Crippen molar-refractivity contribution in [3.63, 3.8) is 0 Å². The molecule has 184 valence electrons. The van der Waals surface area contributed by atoms with Crippen molar-refractivity contribution in [3.05, 3.63) is 70.5 Å². The van der Waals surface area contributed by atoms with Gasteiger partial charge in [-0.15, -0.1) is 0 Å². The molecule has 3 aromatic heterocycles. The summed E-state index contributed by atoms with van der Waals surface area (Å²) in [4.78, 5) is 9.92. The number of methoxy groups -OCH3 is 1. The number of rotatable bonds is 5. The number of pyridine rings is 1. The van der Waals surface area contributed by atoms with Crippen LogP contribution in [0.4, 0.5) is 0 Å². The molecule has 1 aliphatic rings. The van der Waals surface area contributed by atoms with Crippen molar-refractivity contribution in [2.24, 2.45) is 0 Å². The topological polar surface area (TPSA) is 75.2 Å². The summed E-state index contributed by atoms with van der Waals surface area (Å²) in [5, 5.41) is 5.86. The third-order valence-electron chi connectivity index (χ3n) is 7.07. The maximum Gasteiger partial charge on any atom is 0.141 e. The molecule has 0 N–H and O–H groups in total. The van der Waals surface area contributed by atoms with Gasteiger partial charge in [-0.2, -0.15) is 0 Å². The van der Waals surface area contributed by atoms with Gasteiger partial charge in [-0.1, -0.05) is 28.9 Å². The first-order valence-corrected chi connectivity index (χ1v) is 12.5. The van der Waals surface area contributed by atoms with Crippen molar-refractivity contribution in [1.82, 2.24) is 19.7 Å². The number of hydrogen-bond acceptors (Lipinski definition) is 6. The van der Waals surface area contributed by atoms with Crippen LogP contribution < -0.4 is 4.74 Å². The zero-order chi connectivity index (χ0) is 24.8. The van der Waals surface area contributed by atoms with Gasteiger partial charge in [0.15, 0.2) is 0 Å². The molecule has 2 aromatic carbocycles. The van der Waals surface area contributed by atoms with Gasteiger partial charge >= 0.3 is 0 Å². The SMILES string of the molecule is COc1cc2c(cc1-c1c(C)noc1C)ncc1nc(C3CCOCC3)n(Cc3ccc(Cl)cc3)c12. The van der Waals surface area contributed by atoms with Crippen LogP contribution in [0.1, 0.15) is 41.6 Å². The van der Waals surface area contributed by atoms with Crippen LogP contribution in [-0.2, 0) is 11.3 Å². The number of imidazole rings is 1. The molecule has 36 heavy (non-hydrogen) atoms. The molecule has 1 aliphatic heterocycles. The number of fused-ring (bicyclic) bond motifs is 3. The number of hydrogen-bond donors (Lipinski definition) is 0. The van der Waals surface area contributed by atoms with Crippen molar-refractivity contribution in [2.45, 2.75) is 39.2 Å². The van der Waals surface area contributed by atoms with Crippen LogP contribution in [0.2, 0.25) is 5.02 Å². The Kier molecular flexibility index (Phi) is 5.90. The highest BCUT2D eigenvalue weighted by atomic mass is 35.5. The number of benzene rings is 2. The average Bonchev–Trinajstić information content (AvgIpc) is 3.44. The zero-order valence-corrected chi connectivity index (χ0v) is 21.3. The van der Waals surface area contributed by atoms with E-state index in [1.54, 1.807) is 7.11 Å². The molecule has 1 fully saturated rings. The van der Waals surface area contributed by atoms with E-state index in [1.165, 1.54) is 0 Å². The summed E-state index contributed by atoms with van der Waals surface area (Å²) in [6.45, 7) is 6.04. The summed E-state index contributed by atoms with van der Waals surface area (Å²) >= 11 is 6.17. The van der Waals surface area contributed by atoms with E-state index in [-0.39, 0.29) is 0 Å². The normalized spacial score (nSPS) is 14.7. The van der Waals surface area contributed by atoms with Gasteiger partial charge in [-0.05, 0) is 56.5 Å². The summed E-state index contributed by atoms with van der Waals surface area (Å²) in [7, 11) is 1.69. The molecule has 0 amide bonds. The van der Waals surface area contributed by atoms with Crippen LogP contribution in [0.25, 0.3) is 33.1 Å². The van der Waals surface area contributed by atoms with E-state index in [4.69, 9.17) is 35.6 Å². The van der Waals surface area contributed by atoms with E-state index in [9.17, 15) is 0 Å². The predicted molar refractivity (Wildman–Crippen MR) is 140 cm³/mol. The minimum absolute atomic E-state index is 0.331. The van der Waals surface area contributed by atoms with Crippen molar-refractivity contribution in [3.8, 4) is 16.9 Å². The number of ether oxygens (including phenoxy) is 2. The van der Waals surface area contributed by atoms with Gasteiger partial charge in [-0.25, -0.2) is 4.98 Å². The Bertz CT molecular complexity index is 1550. The van der Waals surface area contributed by atoms with Gasteiger partial charge < -0.3 is 18.6 Å². The third kappa shape index (κ3) is 3.92. The maximum atomic E-state index is 6.17. The molecular weight excluding hydrogens is 476 g/mol. The van der Waals surface area contributed by atoms with E-state index in [0.717, 1.165) is 92.7 Å². The van der Waals surface area contributed by atoms with Crippen LogP contribution in [0, 0.1) is 13.8 Å². The molecule has 7 nitrogen and oxygen atoms in total. The highest BCUT2D eigenvalue weighted by molar-refractivity contribution is 6.30. The Hall–Kier alpha value is -3.42. The fraction of sp³-hybridized carbons (Fsp3) is 0.321. The van der Waals surface area contributed by atoms with Gasteiger partial charge in [0.1, 0.15) is 22.9 Å². The minimum Gasteiger partial charge on any atom is -0.496 e. The second-order valence-electron chi connectivity index (χ2n) is 9.33. The van der Waals surface area contributed by atoms with E-state index in [2.05, 4.69) is 34.0 Å². The number of aromatic nitrogens is 4. The average molecular weight is 503 g/mol. The predicted octanol–water partition coefficient (Wildman–Crippen LogP) is 6.46. The Labute approximate surface area is 214 Å². The van der Waals surface area contributed by atoms with Crippen LogP contribution in [-0.4, -0.2) is 40.0 Å². The summed E-state index contributed by atoms with van der Waals surface area (Å²) in [5.74, 6) is 2.90. The summed E-state index contributed by atoms with van der Waals surface area (Å²) < 4.78 is 19.3. The Balaban J connectivity index is 1.59. The first kappa shape index (κ1) is 23.0. The highest BCUT2D eigenvalue weighted by Gasteiger charge is 2.25. The van der Waals surface area contributed by atoms with E-state index >= 15 is 0 Å². The standard InChI is InChI=1S/C28H27ClN4O3/c1-16-26(17(2)36-32-16)22-12-23-21(13-25(22)34-3)27-24(14-30-23)31-28(19-8-10-35-11-9-19)33(27)15-18-4-6-20(29)7-5-18/h4-7,12-14,19H,8-11,15H2,1-3H3. The molecule has 6 rings (SSSR count). The molecule has 4 heterocycles. The molecule has 5 aromatic rings. The van der Waals surface area contributed by atoms with E-state index < -0.39 is 0 Å². The van der Waals surface area contributed by atoms with Crippen molar-refractivity contribution < 1.29 is 14.0 Å². The monoisotopic (exact) mass is 502 g/mol. The molecule has 0 atom stereocenters. The molecule has 0 aliphatic carbocycles. The molecule has 0 radical (unpaired) electrons. The van der Waals surface area contributed by atoms with Crippen LogP contribution in [0.5, 0.6) is 5.75 Å². The number of nitrogens with zero attached hydrogens (tertiary/aromatic N) is 4. The number of halogens is 1. The quantitative estimate of drug-likeness (QED) is 0.274. The first-order valence-electron chi connectivity index (χ1n) is 12.2. The zero-order valence-electron chi connectivity index (χ0n) is 20.5. The van der Waals surface area contributed by atoms with Crippen molar-refractivity contribution in [2.75, 3.05) is 20.3 Å². The van der Waals surface area contributed by atoms with E-state index in [0.29, 0.717) is 12.5 Å². The minimum atomic E-state index is 0.331. The molecule has 0 unspecified atom stereocenters. The largest absolute Gasteiger partial charge is 0.496 e. The Morgan fingerprint density at radius 3 is 2.56 bits per heavy atom. The van der Waals surface area contributed by atoms with Crippen LogP contribution in [0.3, 0.4) is 0 Å². The lowest BCUT2D eigenvalue weighted by Crippen LogP contribution is -2.18. The van der Waals surface area contributed by atoms with E-state index in [1.807, 2.05) is 32.2 Å². The summed E-state index contributed by atoms with van der Waals surface area (Å²) in [5.41, 5.74) is 6.64. The van der Waals surface area contributed by atoms with Crippen LogP contribution >= 0.6 is 11.6 Å². The molecule has 1 saturated heterocycles. The van der Waals surface area contributed by atoms with Gasteiger partial charge in [0.05, 0.1) is 35.6 Å². The van der Waals surface area contributed by atoms with Gasteiger partial charge in [0, 0.05) is 41.6 Å². The van der Waals surface area contributed by atoms with Gasteiger partial charge in [0.25, 0.3) is 0 Å². The molecule has 0 saturated carbocycles. The molecule has 0 spiro atoms. The second kappa shape index (κ2) is 9.22. The maximum absolute atomic E-state index is 6.17. The van der Waals surface area contributed by atoms with Crippen molar-refractivity contribution >= 4 is 33.5 Å². The Morgan fingerprint density at radius 1 is 1.08 bits per heavy atom. The van der Waals surface area contributed by atoms with Crippen molar-refractivity contribution in [1.29, 1.82) is 0 Å². The first-order chi connectivity index (χ1) is 17.5. The van der Waals surface area contributed by atoms with Gasteiger partial charge in [-0.3, -0.25) is 4.98 Å². The Morgan fingerprint density at radius 2 is 1.86 bits per heavy atom. The third-order valence-corrected chi connectivity index (χ3v) is 7.32. The molecule has 8 heteroatoms. The fourth-order valence-corrected chi connectivity index (χ4v) is 5.42. The van der Waals surface area contributed by atoms with Crippen LogP contribution in [0.15, 0.2) is 47.1 Å². The molecular formula is C28H27ClN4O3. The lowest BCUT2D eigenvalue weighted by Gasteiger charge is -2.23. The summed E-state index contributed by atoms with van der Waals surface area (Å²) in [6.07, 6.45) is 3.78. The van der Waals surface area contributed by atoms with Gasteiger partial charge in [0.2, 0.25) is 0 Å². The smallest absolute Gasteiger partial charge is 0.141 e. The lowest BCUT2D eigenvalue weighted by atomic mass is 9.99. The molecule has 0 bridgehead atoms. The number of aryl methyl sites for hydroxylation is 2. The summed E-state index contributed by atoms with van der Waals surface area (Å²) in [6, 6.07) is 12.1. The highest BCUT2D eigenvalue weighted by Crippen LogP contribution is 2.40.